The smallest absolute Gasteiger partial charge is 0.00264 e. The maximum atomic E-state index is 2.29. The van der Waals surface area contributed by atoms with Gasteiger partial charge in [-0.1, -0.05) is 102 Å². The Morgan fingerprint density at radius 3 is 2.11 bits per heavy atom. The van der Waals surface area contributed by atoms with Crippen molar-refractivity contribution < 1.29 is 0 Å². The second-order valence-electron chi connectivity index (χ2n) is 7.32. The molecule has 0 saturated heterocycles. The third-order valence-electron chi connectivity index (χ3n) is 5.05. The fourth-order valence-electron chi connectivity index (χ4n) is 3.91. The molecule has 0 aliphatic heterocycles. The fourth-order valence-corrected chi connectivity index (χ4v) is 3.91. The van der Waals surface area contributed by atoms with Gasteiger partial charge in [0.2, 0.25) is 0 Å². The van der Waals surface area contributed by atoms with Gasteiger partial charge < -0.3 is 0 Å². The minimum absolute atomic E-state index is 1.24. The molecule has 1 aliphatic rings. The van der Waals surface area contributed by atoms with E-state index in [1.54, 1.807) is 0 Å². The molecule has 1 aliphatic carbocycles. The molecule has 0 amide bonds. The van der Waals surface area contributed by atoms with Crippen LogP contribution < -0.4 is 0 Å². The van der Waals surface area contributed by atoms with Gasteiger partial charge in [0.25, 0.3) is 0 Å². The van der Waals surface area contributed by atoms with Crippen LogP contribution >= 0.6 is 0 Å². The average Bonchev–Trinajstić information content (AvgIpc) is 3.01. The Bertz CT molecular complexity index is 1070. The number of hydrogen-bond donors (Lipinski definition) is 0. The molecule has 0 atom stereocenters. The molecule has 0 N–H and O–H groups in total. The van der Waals surface area contributed by atoms with Crippen molar-refractivity contribution in [1.29, 1.82) is 0 Å². The van der Waals surface area contributed by atoms with Crippen LogP contribution in [0, 0.1) is 6.92 Å². The first-order chi connectivity index (χ1) is 13.1. The van der Waals surface area contributed by atoms with Gasteiger partial charge in [-0.3, -0.25) is 0 Å². The van der Waals surface area contributed by atoms with Gasteiger partial charge in [0.05, 0.1) is 0 Å². The summed E-state index contributed by atoms with van der Waals surface area (Å²) >= 11 is 0. The molecule has 4 rings (SSSR count). The van der Waals surface area contributed by atoms with Gasteiger partial charge in [-0.2, -0.15) is 0 Å². The summed E-state index contributed by atoms with van der Waals surface area (Å²) in [6.45, 7) is 6.56. The molecule has 3 aromatic carbocycles. The van der Waals surface area contributed by atoms with E-state index in [9.17, 15) is 0 Å². The van der Waals surface area contributed by atoms with Crippen molar-refractivity contribution >= 4 is 17.2 Å². The van der Waals surface area contributed by atoms with Gasteiger partial charge in [0.1, 0.15) is 0 Å². The van der Waals surface area contributed by atoms with Crippen molar-refractivity contribution in [3.63, 3.8) is 0 Å². The molecule has 0 bridgehead atoms. The number of hydrogen-bond acceptors (Lipinski definition) is 0. The SMILES string of the molecule is CC(C)=C1C(/C=C/c2cccc(C)c2)=C(c2ccccc2)c2ccccc21. The first-order valence-electron chi connectivity index (χ1n) is 9.47. The summed E-state index contributed by atoms with van der Waals surface area (Å²) in [5.41, 5.74) is 11.8. The molecule has 0 radical (unpaired) electrons. The highest BCUT2D eigenvalue weighted by molar-refractivity contribution is 6.07. The molecular formula is C27H24. The van der Waals surface area contributed by atoms with Crippen LogP contribution in [0.3, 0.4) is 0 Å². The van der Waals surface area contributed by atoms with E-state index in [1.807, 2.05) is 0 Å². The molecule has 0 heteroatoms. The summed E-state index contributed by atoms with van der Waals surface area (Å²) in [6.07, 6.45) is 4.53. The highest BCUT2D eigenvalue weighted by Crippen LogP contribution is 2.46. The molecule has 0 nitrogen and oxygen atoms in total. The van der Waals surface area contributed by atoms with E-state index < -0.39 is 0 Å². The van der Waals surface area contributed by atoms with Gasteiger partial charge in [-0.25, -0.2) is 0 Å². The summed E-state index contributed by atoms with van der Waals surface area (Å²) in [6, 6.07) is 28.1. The Balaban J connectivity index is 1.94. The first-order valence-corrected chi connectivity index (χ1v) is 9.47. The van der Waals surface area contributed by atoms with E-state index >= 15 is 0 Å². The highest BCUT2D eigenvalue weighted by atomic mass is 14.3. The van der Waals surface area contributed by atoms with Crippen molar-refractivity contribution in [3.05, 3.63) is 124 Å². The van der Waals surface area contributed by atoms with Crippen molar-refractivity contribution in [3.8, 4) is 0 Å². The number of benzene rings is 3. The fraction of sp³-hybridized carbons (Fsp3) is 0.111. The molecule has 132 valence electrons. The Kier molecular flexibility index (Phi) is 4.64. The lowest BCUT2D eigenvalue weighted by Gasteiger charge is -2.08. The van der Waals surface area contributed by atoms with E-state index in [0.29, 0.717) is 0 Å². The largest absolute Gasteiger partial charge is 0.0679 e. The van der Waals surface area contributed by atoms with Crippen LogP contribution in [0.2, 0.25) is 0 Å². The van der Waals surface area contributed by atoms with E-state index in [-0.39, 0.29) is 0 Å². The van der Waals surface area contributed by atoms with Crippen LogP contribution in [0.5, 0.6) is 0 Å². The second-order valence-corrected chi connectivity index (χ2v) is 7.32. The molecule has 27 heavy (non-hydrogen) atoms. The Morgan fingerprint density at radius 2 is 1.41 bits per heavy atom. The number of allylic oxidation sites excluding steroid dienone is 4. The first kappa shape index (κ1) is 17.3. The van der Waals surface area contributed by atoms with Gasteiger partial charge in [-0.15, -0.1) is 0 Å². The topological polar surface area (TPSA) is 0 Å². The second kappa shape index (κ2) is 7.25. The third-order valence-corrected chi connectivity index (χ3v) is 5.05. The van der Waals surface area contributed by atoms with Gasteiger partial charge in [-0.05, 0) is 59.7 Å². The summed E-state index contributed by atoms with van der Waals surface area (Å²) in [5.74, 6) is 0. The lowest BCUT2D eigenvalue weighted by Crippen LogP contribution is -1.87. The van der Waals surface area contributed by atoms with Crippen LogP contribution in [0.1, 0.15) is 41.7 Å². The van der Waals surface area contributed by atoms with Crippen LogP contribution in [0.25, 0.3) is 17.2 Å². The molecule has 3 aromatic rings. The number of aryl methyl sites for hydroxylation is 1. The summed E-state index contributed by atoms with van der Waals surface area (Å²) in [7, 11) is 0. The van der Waals surface area contributed by atoms with E-state index in [1.165, 1.54) is 50.1 Å². The Morgan fingerprint density at radius 1 is 0.704 bits per heavy atom. The summed E-state index contributed by atoms with van der Waals surface area (Å²) in [5, 5.41) is 0. The molecule has 0 unspecified atom stereocenters. The van der Waals surface area contributed by atoms with E-state index in [0.717, 1.165) is 0 Å². The molecule has 0 heterocycles. The van der Waals surface area contributed by atoms with Crippen molar-refractivity contribution in [1.82, 2.24) is 0 Å². The number of rotatable bonds is 3. The normalized spacial score (nSPS) is 13.4. The zero-order valence-electron chi connectivity index (χ0n) is 16.2. The maximum Gasteiger partial charge on any atom is -0.00264 e. The van der Waals surface area contributed by atoms with Crippen LogP contribution in [-0.4, -0.2) is 0 Å². The van der Waals surface area contributed by atoms with Crippen LogP contribution in [-0.2, 0) is 0 Å². The standard InChI is InChI=1S/C27H24/c1-19(2)26-23-14-7-8-15-24(23)27(22-12-5-4-6-13-22)25(26)17-16-21-11-9-10-20(3)18-21/h4-18H,1-3H3/b17-16+. The van der Waals surface area contributed by atoms with Gasteiger partial charge in [0.15, 0.2) is 0 Å². The average molecular weight is 348 g/mol. The van der Waals surface area contributed by atoms with Crippen molar-refractivity contribution in [2.45, 2.75) is 20.8 Å². The summed E-state index contributed by atoms with van der Waals surface area (Å²) < 4.78 is 0. The van der Waals surface area contributed by atoms with Gasteiger partial charge >= 0.3 is 0 Å². The Labute approximate surface area is 162 Å². The van der Waals surface area contributed by atoms with Gasteiger partial charge in [0, 0.05) is 0 Å². The molecule has 0 saturated carbocycles. The minimum Gasteiger partial charge on any atom is -0.0679 e. The number of fused-ring (bicyclic) bond motifs is 1. The maximum absolute atomic E-state index is 2.29. The van der Waals surface area contributed by atoms with Crippen molar-refractivity contribution in [2.75, 3.05) is 0 Å². The lowest BCUT2D eigenvalue weighted by molar-refractivity contribution is 1.39. The quantitative estimate of drug-likeness (QED) is 0.465. The lowest BCUT2D eigenvalue weighted by atomic mass is 9.96. The van der Waals surface area contributed by atoms with E-state index in [4.69, 9.17) is 0 Å². The highest BCUT2D eigenvalue weighted by Gasteiger charge is 2.26. The van der Waals surface area contributed by atoms with E-state index in [2.05, 4.69) is 112 Å². The minimum atomic E-state index is 1.24. The molecular weight excluding hydrogens is 324 g/mol. The zero-order valence-corrected chi connectivity index (χ0v) is 16.2. The third kappa shape index (κ3) is 3.31. The molecule has 0 aromatic heterocycles. The molecule has 0 spiro atoms. The predicted molar refractivity (Wildman–Crippen MR) is 117 cm³/mol. The summed E-state index contributed by atoms with van der Waals surface area (Å²) in [4.78, 5) is 0. The van der Waals surface area contributed by atoms with Crippen LogP contribution in [0.15, 0.2) is 96.1 Å². The van der Waals surface area contributed by atoms with Crippen molar-refractivity contribution in [2.24, 2.45) is 0 Å². The zero-order chi connectivity index (χ0) is 18.8. The predicted octanol–water partition coefficient (Wildman–Crippen LogP) is 7.32. The monoisotopic (exact) mass is 348 g/mol. The van der Waals surface area contributed by atoms with Crippen LogP contribution in [0.4, 0.5) is 0 Å². The Hall–Kier alpha value is -3.12. The molecule has 0 fully saturated rings.